The first-order chi connectivity index (χ1) is 10.7. The molecular weight excluding hydrogens is 300 g/mol. The molecule has 0 aliphatic heterocycles. The molecule has 126 valence electrons. The topological polar surface area (TPSA) is 16.1 Å². The van der Waals surface area contributed by atoms with Crippen molar-refractivity contribution < 1.29 is 0 Å². The summed E-state index contributed by atoms with van der Waals surface area (Å²) in [7, 11) is 4.10. The average Bonchev–Trinajstić information content (AvgIpc) is 3.03. The molecule has 0 unspecified atom stereocenters. The summed E-state index contributed by atoms with van der Waals surface area (Å²) in [5.41, 5.74) is 3.47. The van der Waals surface area contributed by atoms with Crippen molar-refractivity contribution in [1.29, 1.82) is 0 Å². The van der Waals surface area contributed by atoms with Crippen LogP contribution in [-0.4, -0.2) is 19.1 Å². The molecule has 0 N–H and O–H groups in total. The fraction of sp³-hybridized carbons (Fsp3) is 0.350. The first-order valence-electron chi connectivity index (χ1n) is 7.87. The van der Waals surface area contributed by atoms with Crippen molar-refractivity contribution in [3.05, 3.63) is 48.5 Å². The number of benzene rings is 2. The Balaban J connectivity index is 0.000000901. The lowest BCUT2D eigenvalue weighted by Crippen LogP contribution is -2.07. The summed E-state index contributed by atoms with van der Waals surface area (Å²) < 4.78 is 1.24. The van der Waals surface area contributed by atoms with Gasteiger partial charge in [0.05, 0.1) is 10.2 Å². The molecule has 0 fully saturated rings. The van der Waals surface area contributed by atoms with Crippen LogP contribution in [0.15, 0.2) is 48.5 Å². The number of para-hydroxylation sites is 1. The second-order valence-electron chi connectivity index (χ2n) is 4.43. The highest BCUT2D eigenvalue weighted by Crippen LogP contribution is 2.30. The number of hydrogen-bond acceptors (Lipinski definition) is 3. The number of nitrogens with zero attached hydrogens (tertiary/aromatic N) is 2. The highest BCUT2D eigenvalue weighted by molar-refractivity contribution is 7.21. The Morgan fingerprint density at radius 3 is 1.91 bits per heavy atom. The van der Waals surface area contributed by atoms with Gasteiger partial charge in [-0.1, -0.05) is 47.3 Å². The van der Waals surface area contributed by atoms with Crippen LogP contribution < -0.4 is 4.90 Å². The number of fused-ring (bicyclic) bond motifs is 1. The fourth-order valence-electron chi connectivity index (χ4n) is 1.90. The van der Waals surface area contributed by atoms with Crippen LogP contribution in [0.3, 0.4) is 0 Å². The largest absolute Gasteiger partial charge is 0.378 e. The summed E-state index contributed by atoms with van der Waals surface area (Å²) in [6.07, 6.45) is 0. The van der Waals surface area contributed by atoms with E-state index in [-0.39, 0.29) is 7.43 Å². The van der Waals surface area contributed by atoms with E-state index < -0.39 is 0 Å². The SMILES string of the molecule is C.CC.CC.CN(C)c1ccc(-c2nc3ccccc3s2)cc1. The van der Waals surface area contributed by atoms with Crippen LogP contribution in [0, 0.1) is 0 Å². The van der Waals surface area contributed by atoms with Crippen LogP contribution in [0.25, 0.3) is 20.8 Å². The van der Waals surface area contributed by atoms with Crippen LogP contribution in [0.4, 0.5) is 5.69 Å². The van der Waals surface area contributed by atoms with Gasteiger partial charge in [-0.05, 0) is 36.4 Å². The van der Waals surface area contributed by atoms with Crippen molar-refractivity contribution >= 4 is 27.2 Å². The molecule has 2 aromatic carbocycles. The van der Waals surface area contributed by atoms with Gasteiger partial charge in [0.1, 0.15) is 5.01 Å². The molecule has 1 heterocycles. The van der Waals surface area contributed by atoms with E-state index in [1.54, 1.807) is 11.3 Å². The summed E-state index contributed by atoms with van der Waals surface area (Å²) >= 11 is 1.74. The van der Waals surface area contributed by atoms with Crippen LogP contribution >= 0.6 is 11.3 Å². The smallest absolute Gasteiger partial charge is 0.124 e. The van der Waals surface area contributed by atoms with E-state index in [4.69, 9.17) is 0 Å². The van der Waals surface area contributed by atoms with E-state index in [1.807, 2.05) is 47.9 Å². The Kier molecular flexibility index (Phi) is 9.91. The van der Waals surface area contributed by atoms with Crippen molar-refractivity contribution in [3.8, 4) is 10.6 Å². The maximum absolute atomic E-state index is 4.66. The van der Waals surface area contributed by atoms with Crippen molar-refractivity contribution in [2.45, 2.75) is 35.1 Å². The Morgan fingerprint density at radius 1 is 0.826 bits per heavy atom. The summed E-state index contributed by atoms with van der Waals surface area (Å²) in [4.78, 5) is 6.76. The van der Waals surface area contributed by atoms with Crippen molar-refractivity contribution in [2.75, 3.05) is 19.0 Å². The van der Waals surface area contributed by atoms with Gasteiger partial charge in [-0.25, -0.2) is 4.98 Å². The lowest BCUT2D eigenvalue weighted by molar-refractivity contribution is 1.13. The molecule has 23 heavy (non-hydrogen) atoms. The number of rotatable bonds is 2. The number of thiazole rings is 1. The van der Waals surface area contributed by atoms with Crippen LogP contribution in [0.2, 0.25) is 0 Å². The maximum atomic E-state index is 4.66. The minimum atomic E-state index is 0. The number of aromatic nitrogens is 1. The van der Waals surface area contributed by atoms with Gasteiger partial charge in [0, 0.05) is 25.3 Å². The number of anilines is 1. The van der Waals surface area contributed by atoms with Crippen LogP contribution in [-0.2, 0) is 0 Å². The van der Waals surface area contributed by atoms with E-state index >= 15 is 0 Å². The molecule has 3 rings (SSSR count). The molecule has 1 aromatic heterocycles. The Labute approximate surface area is 145 Å². The zero-order valence-electron chi connectivity index (χ0n) is 14.4. The predicted octanol–water partition coefficient (Wildman–Crippen LogP) is 6.72. The monoisotopic (exact) mass is 330 g/mol. The Bertz CT molecular complexity index is 636. The van der Waals surface area contributed by atoms with E-state index in [9.17, 15) is 0 Å². The third-order valence-corrected chi connectivity index (χ3v) is 4.01. The van der Waals surface area contributed by atoms with Gasteiger partial charge in [-0.2, -0.15) is 0 Å². The van der Waals surface area contributed by atoms with Gasteiger partial charge in [0.2, 0.25) is 0 Å². The highest BCUT2D eigenvalue weighted by Gasteiger charge is 2.05. The van der Waals surface area contributed by atoms with Gasteiger partial charge >= 0.3 is 0 Å². The third kappa shape index (κ3) is 5.36. The molecule has 3 aromatic rings. The summed E-state index contributed by atoms with van der Waals surface area (Å²) in [5, 5.41) is 1.08. The molecule has 0 spiro atoms. The maximum Gasteiger partial charge on any atom is 0.124 e. The molecule has 0 aliphatic rings. The average molecular weight is 331 g/mol. The molecule has 0 radical (unpaired) electrons. The quantitative estimate of drug-likeness (QED) is 0.518. The lowest BCUT2D eigenvalue weighted by Gasteiger charge is -2.11. The fourth-order valence-corrected chi connectivity index (χ4v) is 2.87. The van der Waals surface area contributed by atoms with Gasteiger partial charge in [-0.3, -0.25) is 0 Å². The first kappa shape index (κ1) is 21.1. The van der Waals surface area contributed by atoms with Crippen LogP contribution in [0.1, 0.15) is 35.1 Å². The standard InChI is InChI=1S/C15H14N2S.2C2H6.CH4/c1-17(2)12-9-7-11(8-10-12)15-16-13-5-3-4-6-14(13)18-15;2*1-2;/h3-10H,1-2H3;2*1-2H3;1H4. The predicted molar refractivity (Wildman–Crippen MR) is 109 cm³/mol. The van der Waals surface area contributed by atoms with Crippen LogP contribution in [0.5, 0.6) is 0 Å². The van der Waals surface area contributed by atoms with Gasteiger partial charge < -0.3 is 4.90 Å². The van der Waals surface area contributed by atoms with E-state index in [2.05, 4.69) is 52.3 Å². The zero-order valence-corrected chi connectivity index (χ0v) is 15.2. The molecule has 0 atom stereocenters. The summed E-state index contributed by atoms with van der Waals surface area (Å²) in [6.45, 7) is 8.00. The molecule has 0 saturated heterocycles. The summed E-state index contributed by atoms with van der Waals surface area (Å²) in [5.74, 6) is 0. The van der Waals surface area contributed by atoms with Crippen molar-refractivity contribution in [1.82, 2.24) is 4.98 Å². The van der Waals surface area contributed by atoms with E-state index in [0.717, 1.165) is 10.5 Å². The van der Waals surface area contributed by atoms with E-state index in [1.165, 1.54) is 16.0 Å². The van der Waals surface area contributed by atoms with Crippen molar-refractivity contribution in [2.24, 2.45) is 0 Å². The minimum absolute atomic E-state index is 0. The summed E-state index contributed by atoms with van der Waals surface area (Å²) in [6, 6.07) is 16.8. The molecule has 0 saturated carbocycles. The lowest BCUT2D eigenvalue weighted by atomic mass is 10.2. The zero-order chi connectivity index (χ0) is 16.5. The second-order valence-corrected chi connectivity index (χ2v) is 5.46. The molecule has 0 bridgehead atoms. The normalized spacial score (nSPS) is 8.96. The van der Waals surface area contributed by atoms with Gasteiger partial charge in [-0.15, -0.1) is 11.3 Å². The number of hydrogen-bond donors (Lipinski definition) is 0. The Morgan fingerprint density at radius 2 is 1.39 bits per heavy atom. The van der Waals surface area contributed by atoms with Gasteiger partial charge in [0.15, 0.2) is 0 Å². The second kappa shape index (κ2) is 10.8. The third-order valence-electron chi connectivity index (χ3n) is 2.92. The van der Waals surface area contributed by atoms with Crippen molar-refractivity contribution in [3.63, 3.8) is 0 Å². The first-order valence-corrected chi connectivity index (χ1v) is 8.69. The molecule has 0 amide bonds. The van der Waals surface area contributed by atoms with E-state index in [0.29, 0.717) is 0 Å². The minimum Gasteiger partial charge on any atom is -0.378 e. The van der Waals surface area contributed by atoms with Gasteiger partial charge in [0.25, 0.3) is 0 Å². The molecule has 3 heteroatoms. The molecule has 0 aliphatic carbocycles. The molecular formula is C20H30N2S. The molecule has 2 nitrogen and oxygen atoms in total. The highest BCUT2D eigenvalue weighted by atomic mass is 32.1. The Hall–Kier alpha value is -1.87.